The van der Waals surface area contributed by atoms with Gasteiger partial charge in [0.25, 0.3) is 0 Å². The first-order valence-corrected chi connectivity index (χ1v) is 26.1. The third-order valence-corrected chi connectivity index (χ3v) is 14.9. The van der Waals surface area contributed by atoms with E-state index in [1.807, 2.05) is 156 Å². The van der Waals surface area contributed by atoms with E-state index in [1.54, 1.807) is 24.3 Å². The van der Waals surface area contributed by atoms with Gasteiger partial charge in [0, 0.05) is 5.69 Å². The van der Waals surface area contributed by atoms with E-state index in [0.29, 0.717) is 28.4 Å². The van der Waals surface area contributed by atoms with Crippen LogP contribution < -0.4 is 19.8 Å². The number of nitrogens with zero attached hydrogens (tertiary/aromatic N) is 5. The molecular weight excluding hydrogens is 1110 g/mol. The van der Waals surface area contributed by atoms with E-state index in [-0.39, 0.29) is 17.0 Å². The minimum absolute atomic E-state index is 0.0676. The molecule has 0 radical (unpaired) electrons. The molecule has 13 rings (SSSR count). The summed E-state index contributed by atoms with van der Waals surface area (Å²) < 4.78 is 64.8. The number of benzene rings is 10. The van der Waals surface area contributed by atoms with Crippen LogP contribution in [-0.4, -0.2) is 21.1 Å². The number of aromatic nitrogens is 3. The topological polar surface area (TPSA) is 38.5 Å². The summed E-state index contributed by atoms with van der Waals surface area (Å²) >= 11 is 2.37. The van der Waals surface area contributed by atoms with E-state index < -0.39 is 20.7 Å². The standard InChI is InChI=1S/C68H48BN5O.Pt/c1-48-22-19-27-54(44-48)60-35-21-34-59(52-42-40-51(41-43-52)50-23-7-3-8-24-50)67(60)72-47-71(61-36-15-16-37-62(61)72)57-32-20-33-58(46-57)75-68-66(53-25-9-4-10-26-53)49(2)45-65(70-68)74-64-39-18-17-38-63(64)73(56-30-13-6-14-31-56)69(74)55-28-11-5-12-29-55;/h3-38,40-45H,1-2H3;/q-2;/i1D3,2D3;. The van der Waals surface area contributed by atoms with Gasteiger partial charge in [-0.1, -0.05) is 48.5 Å². The van der Waals surface area contributed by atoms with Crippen LogP contribution in [0.25, 0.3) is 66.9 Å². The van der Waals surface area contributed by atoms with Gasteiger partial charge in [-0.3, -0.25) is 0 Å². The van der Waals surface area contributed by atoms with Crippen molar-refractivity contribution in [2.75, 3.05) is 9.62 Å². The molecule has 76 heavy (non-hydrogen) atoms. The molecule has 12 aromatic rings. The summed E-state index contributed by atoms with van der Waals surface area (Å²) in [4.78, 5) is 9.65. The second-order valence-corrected chi connectivity index (χ2v) is 19.5. The van der Waals surface area contributed by atoms with Crippen LogP contribution in [0, 0.1) is 29.6 Å². The zero-order valence-electron chi connectivity index (χ0n) is 46.8. The number of anilines is 4. The molecule has 6 nitrogen and oxygen atoms in total. The van der Waals surface area contributed by atoms with Gasteiger partial charge in [0.05, 0.1) is 0 Å². The average Bonchev–Trinajstić information content (AvgIpc) is 3.55. The van der Waals surface area contributed by atoms with Crippen molar-refractivity contribution < 1.29 is 32.3 Å². The van der Waals surface area contributed by atoms with Crippen molar-refractivity contribution in [3.8, 4) is 67.5 Å². The van der Waals surface area contributed by atoms with Crippen LogP contribution >= 0.6 is 0 Å². The van der Waals surface area contributed by atoms with Crippen LogP contribution in [0.4, 0.5) is 22.9 Å². The molecule has 1 aliphatic rings. The average molecular weight is 1160 g/mol. The molecule has 0 aliphatic carbocycles. The van der Waals surface area contributed by atoms with Gasteiger partial charge in [0.2, 0.25) is 0 Å². The van der Waals surface area contributed by atoms with E-state index in [2.05, 4.69) is 124 Å². The zero-order valence-corrected chi connectivity index (χ0v) is 43.1. The first kappa shape index (κ1) is 40.4. The van der Waals surface area contributed by atoms with Crippen molar-refractivity contribution in [1.29, 1.82) is 0 Å². The second-order valence-electron chi connectivity index (χ2n) is 18.5. The number of rotatable bonds is 11. The SMILES string of the molecule is [2H]C([2H])([2H])c1cccc(-c2cccc(-c3ccc(-c4ccccc4)cc3)c2-n2[c](=[Pt])n(-c3[c-]c(Oc4nc(N5B(c6ccccc6)N(c6ccccc6)c6ccc[c-]c65)cc(C([2H])([2H])[2H])c4-c4ccccc4)ccc3)c3ccccc32)c1. The Hall–Kier alpha value is -9.03. The fourth-order valence-electron chi connectivity index (χ4n) is 10.5. The molecule has 0 saturated heterocycles. The Morgan fingerprint density at radius 3 is 1.88 bits per heavy atom. The van der Waals surface area contributed by atoms with E-state index in [0.717, 1.165) is 76.4 Å². The maximum atomic E-state index is 9.16. The van der Waals surface area contributed by atoms with E-state index in [1.165, 1.54) is 0 Å². The number of aryl methyl sites for hydroxylation is 2. The fraction of sp³-hybridized carbons (Fsp3) is 0.0294. The zero-order chi connectivity index (χ0) is 56.1. The van der Waals surface area contributed by atoms with Gasteiger partial charge in [0.15, 0.2) is 0 Å². The molecule has 366 valence electrons. The van der Waals surface area contributed by atoms with Crippen molar-refractivity contribution in [2.45, 2.75) is 13.7 Å². The summed E-state index contributed by atoms with van der Waals surface area (Å²) in [5.74, 6) is 0.744. The van der Waals surface area contributed by atoms with Crippen LogP contribution in [0.2, 0.25) is 0 Å². The van der Waals surface area contributed by atoms with Crippen LogP contribution in [-0.2, 0) is 19.4 Å². The van der Waals surface area contributed by atoms with Crippen LogP contribution in [0.1, 0.15) is 19.4 Å². The number of hydrogen-bond acceptors (Lipinski definition) is 4. The third kappa shape index (κ3) is 8.49. The predicted molar refractivity (Wildman–Crippen MR) is 308 cm³/mol. The first-order valence-electron chi connectivity index (χ1n) is 28.0. The molecule has 0 atom stereocenters. The molecule has 0 spiro atoms. The molecule has 0 N–H and O–H groups in total. The summed E-state index contributed by atoms with van der Waals surface area (Å²) in [5, 5.41) is 0. The minimum atomic E-state index is -2.61. The molecule has 0 saturated carbocycles. The van der Waals surface area contributed by atoms with E-state index in [9.17, 15) is 0 Å². The van der Waals surface area contributed by atoms with Gasteiger partial charge in [-0.2, -0.15) is 12.1 Å². The molecule has 8 heteroatoms. The molecule has 0 fully saturated rings. The molecule has 1 aliphatic heterocycles. The number of fused-ring (bicyclic) bond motifs is 2. The maximum absolute atomic E-state index is 9.16. The monoisotopic (exact) mass is 1160 g/mol. The van der Waals surface area contributed by atoms with Crippen molar-refractivity contribution in [3.63, 3.8) is 0 Å². The molecular formula is C68H48BN5OPt-2. The molecule has 0 amide bonds. The Morgan fingerprint density at radius 2 is 1.14 bits per heavy atom. The Balaban J connectivity index is 0.987. The normalized spacial score (nSPS) is 13.6. The van der Waals surface area contributed by atoms with Gasteiger partial charge in [-0.25, -0.2) is 0 Å². The summed E-state index contributed by atoms with van der Waals surface area (Å²) in [6, 6.07) is 90.3. The fourth-order valence-corrected chi connectivity index (χ4v) is 11.6. The quantitative estimate of drug-likeness (QED) is 0.0956. The molecule has 0 unspecified atom stereocenters. The van der Waals surface area contributed by atoms with Crippen molar-refractivity contribution in [1.82, 2.24) is 14.1 Å². The molecule has 10 aromatic carbocycles. The number of imidazole rings is 1. The third-order valence-electron chi connectivity index (χ3n) is 13.9. The number of hydrogen-bond donors (Lipinski definition) is 0. The molecule has 3 heterocycles. The Labute approximate surface area is 463 Å². The van der Waals surface area contributed by atoms with Crippen molar-refractivity contribution >= 4 is 46.4 Å². The summed E-state index contributed by atoms with van der Waals surface area (Å²) in [7, 11) is 0. The van der Waals surface area contributed by atoms with Crippen LogP contribution in [0.5, 0.6) is 11.6 Å². The summed E-state index contributed by atoms with van der Waals surface area (Å²) in [6.07, 6.45) is 0. The molecule has 2 aromatic heterocycles. The molecule has 0 bridgehead atoms. The summed E-state index contributed by atoms with van der Waals surface area (Å²) in [5.41, 5.74) is 13.7. The van der Waals surface area contributed by atoms with Gasteiger partial charge < -0.3 is 0 Å². The van der Waals surface area contributed by atoms with Gasteiger partial charge >= 0.3 is 381 Å². The Kier molecular flexibility index (Phi) is 10.6. The van der Waals surface area contributed by atoms with Gasteiger partial charge in [-0.15, -0.1) is 6.07 Å². The van der Waals surface area contributed by atoms with Gasteiger partial charge in [-0.05, 0) is 12.1 Å². The van der Waals surface area contributed by atoms with Crippen LogP contribution in [0.15, 0.2) is 255 Å². The number of ether oxygens (including phenoxy) is 1. The Morgan fingerprint density at radius 1 is 0.526 bits per heavy atom. The first-order chi connectivity index (χ1) is 39.9. The van der Waals surface area contributed by atoms with E-state index in [4.69, 9.17) is 17.9 Å². The van der Waals surface area contributed by atoms with Crippen molar-refractivity contribution in [2.24, 2.45) is 0 Å². The predicted octanol–water partition coefficient (Wildman–Crippen LogP) is 16.3. The number of pyridine rings is 1. The summed E-state index contributed by atoms with van der Waals surface area (Å²) in [6.45, 7) is -5.43. The van der Waals surface area contributed by atoms with E-state index >= 15 is 0 Å². The number of para-hydroxylation sites is 5. The van der Waals surface area contributed by atoms with Crippen molar-refractivity contribution in [3.05, 3.63) is 282 Å². The van der Waals surface area contributed by atoms with Gasteiger partial charge in [0.1, 0.15) is 0 Å². The van der Waals surface area contributed by atoms with Crippen LogP contribution in [0.3, 0.4) is 0 Å². The Bertz CT molecular complexity index is 4390. The second kappa shape index (κ2) is 20.0.